The molecule has 0 radical (unpaired) electrons. The minimum atomic E-state index is -1.72. The van der Waals surface area contributed by atoms with Crippen molar-refractivity contribution >= 4 is 55.2 Å². The van der Waals surface area contributed by atoms with Gasteiger partial charge >= 0.3 is 0 Å². The average Bonchev–Trinajstić information content (AvgIpc) is 3.25. The van der Waals surface area contributed by atoms with Gasteiger partial charge in [0.15, 0.2) is 20.6 Å². The summed E-state index contributed by atoms with van der Waals surface area (Å²) in [5.41, 5.74) is 1.08. The molecule has 2 aromatic heterocycles. The first-order valence-corrected chi connectivity index (χ1v) is 19.6. The number of hydrogen-bond acceptors (Lipinski definition) is 7. The summed E-state index contributed by atoms with van der Waals surface area (Å²) in [4.78, 5) is 8.76. The van der Waals surface area contributed by atoms with E-state index in [9.17, 15) is 5.11 Å². The summed E-state index contributed by atoms with van der Waals surface area (Å²) in [6, 6.07) is 0. The van der Waals surface area contributed by atoms with E-state index >= 15 is 0 Å². The van der Waals surface area contributed by atoms with Crippen molar-refractivity contribution in [1.29, 1.82) is 0 Å². The van der Waals surface area contributed by atoms with Crippen LogP contribution >= 0.6 is 38.6 Å². The molecule has 0 atom stereocenters. The van der Waals surface area contributed by atoms with Crippen molar-refractivity contribution in [3.05, 3.63) is 31.1 Å². The third-order valence-electron chi connectivity index (χ3n) is 6.37. The molecule has 0 saturated heterocycles. The van der Waals surface area contributed by atoms with Crippen LogP contribution in [0.25, 0.3) is 0 Å². The fraction of sp³-hybridized carbons (Fsp3) is 0.739. The Labute approximate surface area is 219 Å². The summed E-state index contributed by atoms with van der Waals surface area (Å²) in [6.07, 6.45) is 0. The Morgan fingerprint density at radius 1 is 0.788 bits per heavy atom. The molecule has 2 aromatic rings. The molecule has 190 valence electrons. The number of rotatable bonds is 7. The first-order chi connectivity index (χ1) is 14.7. The molecule has 0 saturated carbocycles. The number of thiazole rings is 2. The van der Waals surface area contributed by atoms with Gasteiger partial charge in [0.05, 0.1) is 24.6 Å². The van der Waals surface area contributed by atoms with Crippen LogP contribution in [0.5, 0.6) is 0 Å². The van der Waals surface area contributed by atoms with Gasteiger partial charge in [-0.15, -0.1) is 22.7 Å². The molecule has 5 nitrogen and oxygen atoms in total. The fourth-order valence-electron chi connectivity index (χ4n) is 1.94. The Balaban J connectivity index is 0.000000335. The van der Waals surface area contributed by atoms with Crippen LogP contribution in [-0.2, 0) is 27.7 Å². The molecule has 10 heteroatoms. The van der Waals surface area contributed by atoms with Crippen molar-refractivity contribution in [1.82, 2.24) is 9.97 Å². The molecule has 0 bridgehead atoms. The van der Waals surface area contributed by atoms with E-state index in [1.807, 2.05) is 10.8 Å². The molecule has 0 aliphatic rings. The first-order valence-electron chi connectivity index (χ1n) is 11.2. The average molecular weight is 596 g/mol. The van der Waals surface area contributed by atoms with E-state index in [1.165, 1.54) is 11.3 Å². The molecule has 2 heterocycles. The summed E-state index contributed by atoms with van der Waals surface area (Å²) in [5, 5.41) is 15.1. The molecule has 0 aromatic carbocycles. The Morgan fingerprint density at radius 3 is 1.48 bits per heavy atom. The van der Waals surface area contributed by atoms with Crippen LogP contribution < -0.4 is 0 Å². The van der Waals surface area contributed by atoms with Gasteiger partial charge in [-0.3, -0.25) is 0 Å². The molecule has 0 spiro atoms. The van der Waals surface area contributed by atoms with Gasteiger partial charge in [0.25, 0.3) is 0 Å². The SMILES string of the molecule is CC(C)(C)[Si](C)(C)OCc1csc(Br)n1.CC(C)(O)c1nc(CO[Si](C)(C)C(C)(C)C)cs1. The van der Waals surface area contributed by atoms with Crippen LogP contribution in [0.1, 0.15) is 71.8 Å². The minimum Gasteiger partial charge on any atom is -0.411 e. The Morgan fingerprint density at radius 2 is 1.18 bits per heavy atom. The smallest absolute Gasteiger partial charge is 0.192 e. The largest absolute Gasteiger partial charge is 0.411 e. The molecule has 0 fully saturated rings. The zero-order valence-corrected chi connectivity index (χ0v) is 27.6. The Kier molecular flexibility index (Phi) is 10.7. The normalized spacial score (nSPS) is 13.6. The minimum absolute atomic E-state index is 0.210. The van der Waals surface area contributed by atoms with Crippen molar-refractivity contribution in [3.8, 4) is 0 Å². The van der Waals surface area contributed by atoms with Gasteiger partial charge in [-0.05, 0) is 66.0 Å². The highest BCUT2D eigenvalue weighted by molar-refractivity contribution is 9.11. The quantitative estimate of drug-likeness (QED) is 0.326. The van der Waals surface area contributed by atoms with Crippen LogP contribution in [0, 0.1) is 0 Å². The Bertz CT molecular complexity index is 879. The highest BCUT2D eigenvalue weighted by atomic mass is 79.9. The van der Waals surface area contributed by atoms with Crippen LogP contribution in [0.15, 0.2) is 14.7 Å². The number of halogens is 1. The van der Waals surface area contributed by atoms with Crippen molar-refractivity contribution in [3.63, 3.8) is 0 Å². The lowest BCUT2D eigenvalue weighted by atomic mass is 10.2. The molecule has 33 heavy (non-hydrogen) atoms. The standard InChI is InChI=1S/C13H25NO2SSi.C10H18BrNOSSi/c1-12(2,3)18(6,7)16-8-10-9-17-11(14-10)13(4,5)15;1-10(2,3)15(4,5)13-6-8-7-14-9(11)12-8/h9,15H,8H2,1-7H3;7H,6H2,1-5H3. The van der Waals surface area contributed by atoms with E-state index in [4.69, 9.17) is 8.85 Å². The second kappa shape index (κ2) is 11.4. The van der Waals surface area contributed by atoms with Crippen molar-refractivity contribution < 1.29 is 14.0 Å². The van der Waals surface area contributed by atoms with Crippen molar-refractivity contribution in [2.45, 2.75) is 110 Å². The van der Waals surface area contributed by atoms with Crippen LogP contribution in [0.3, 0.4) is 0 Å². The zero-order chi connectivity index (χ0) is 25.9. The van der Waals surface area contributed by atoms with Gasteiger partial charge in [0.2, 0.25) is 0 Å². The molecule has 0 unspecified atom stereocenters. The van der Waals surface area contributed by atoms with Crippen LogP contribution in [0.4, 0.5) is 0 Å². The lowest BCUT2D eigenvalue weighted by Gasteiger charge is -2.35. The maximum absolute atomic E-state index is 9.88. The van der Waals surface area contributed by atoms with Gasteiger partial charge in [-0.1, -0.05) is 41.5 Å². The lowest BCUT2D eigenvalue weighted by Crippen LogP contribution is -2.40. The Hall–Kier alpha value is 0.0538. The predicted molar refractivity (Wildman–Crippen MR) is 151 cm³/mol. The van der Waals surface area contributed by atoms with Crippen LogP contribution in [0.2, 0.25) is 36.3 Å². The third-order valence-corrected chi connectivity index (χ3v) is 17.9. The van der Waals surface area contributed by atoms with Crippen molar-refractivity contribution in [2.75, 3.05) is 0 Å². The van der Waals surface area contributed by atoms with Crippen molar-refractivity contribution in [2.24, 2.45) is 0 Å². The maximum Gasteiger partial charge on any atom is 0.192 e. The van der Waals surface area contributed by atoms with Gasteiger partial charge < -0.3 is 14.0 Å². The lowest BCUT2D eigenvalue weighted by molar-refractivity contribution is 0.0779. The second-order valence-electron chi connectivity index (χ2n) is 11.9. The number of aliphatic hydroxyl groups is 1. The molecular weight excluding hydrogens is 552 g/mol. The van der Waals surface area contributed by atoms with E-state index in [1.54, 1.807) is 25.2 Å². The predicted octanol–water partition coefficient (Wildman–Crippen LogP) is 8.32. The third kappa shape index (κ3) is 9.91. The molecular formula is C23H43BrN2O3S2Si2. The molecule has 0 aliphatic carbocycles. The monoisotopic (exact) mass is 594 g/mol. The molecule has 1 N–H and O–H groups in total. The van der Waals surface area contributed by atoms with Gasteiger partial charge in [0.1, 0.15) is 10.6 Å². The maximum atomic E-state index is 9.88. The first kappa shape index (κ1) is 31.1. The van der Waals surface area contributed by atoms with E-state index in [-0.39, 0.29) is 10.1 Å². The molecule has 0 aliphatic heterocycles. The molecule has 0 amide bonds. The topological polar surface area (TPSA) is 64.5 Å². The van der Waals surface area contributed by atoms with Gasteiger partial charge in [-0.25, -0.2) is 9.97 Å². The van der Waals surface area contributed by atoms with Crippen LogP contribution in [-0.4, -0.2) is 31.7 Å². The number of hydrogen-bond donors (Lipinski definition) is 1. The highest BCUT2D eigenvalue weighted by Crippen LogP contribution is 2.38. The van der Waals surface area contributed by atoms with E-state index in [2.05, 4.69) is 93.6 Å². The van der Waals surface area contributed by atoms with E-state index < -0.39 is 22.2 Å². The zero-order valence-electron chi connectivity index (χ0n) is 22.4. The fourth-order valence-corrected chi connectivity index (χ4v) is 5.69. The molecule has 2 rings (SSSR count). The number of nitrogens with zero attached hydrogens (tertiary/aromatic N) is 2. The summed E-state index contributed by atoms with van der Waals surface area (Å²) in [7, 11) is -3.35. The summed E-state index contributed by atoms with van der Waals surface area (Å²) >= 11 is 6.45. The van der Waals surface area contributed by atoms with Gasteiger partial charge in [-0.2, -0.15) is 0 Å². The number of aromatic nitrogens is 2. The summed E-state index contributed by atoms with van der Waals surface area (Å²) < 4.78 is 13.1. The van der Waals surface area contributed by atoms with E-state index in [0.29, 0.717) is 13.2 Å². The summed E-state index contributed by atoms with van der Waals surface area (Å²) in [5.74, 6) is 0. The summed E-state index contributed by atoms with van der Waals surface area (Å²) in [6.45, 7) is 27.1. The van der Waals surface area contributed by atoms with E-state index in [0.717, 1.165) is 20.3 Å². The van der Waals surface area contributed by atoms with Gasteiger partial charge in [0, 0.05) is 10.8 Å². The second-order valence-corrected chi connectivity index (χ2v) is 24.5. The highest BCUT2D eigenvalue weighted by Gasteiger charge is 2.38.